The molecule has 0 bridgehead atoms. The van der Waals surface area contributed by atoms with Crippen molar-refractivity contribution in [3.05, 3.63) is 0 Å². The lowest BCUT2D eigenvalue weighted by atomic mass is 10.4. The van der Waals surface area contributed by atoms with Gasteiger partial charge in [-0.15, -0.1) is 0 Å². The second-order valence-electron chi connectivity index (χ2n) is 1.04. The molecule has 3 heteroatoms. The molecule has 0 saturated heterocycles. The zero-order valence-corrected chi connectivity index (χ0v) is 4.24. The lowest BCUT2D eigenvalue weighted by molar-refractivity contribution is -0.123. The second kappa shape index (κ2) is 3.14. The molecule has 0 rings (SSSR count). The van der Waals surface area contributed by atoms with Crippen LogP contribution in [-0.4, -0.2) is 12.2 Å². The predicted octanol–water partition coefficient (Wildman–Crippen LogP) is 0.844. The van der Waals surface area contributed by atoms with Gasteiger partial charge in [-0.25, -0.2) is 8.78 Å². The van der Waals surface area contributed by atoms with E-state index in [0.717, 1.165) is 0 Å². The van der Waals surface area contributed by atoms with Crippen LogP contribution in [0, 0.1) is 11.8 Å². The van der Waals surface area contributed by atoms with Crippen molar-refractivity contribution in [3.63, 3.8) is 0 Å². The first-order chi connectivity index (χ1) is 3.68. The van der Waals surface area contributed by atoms with Crippen LogP contribution in [-0.2, 0) is 4.79 Å². The normalized spacial score (nSPS) is 8.00. The van der Waals surface area contributed by atoms with Crippen molar-refractivity contribution in [1.82, 2.24) is 0 Å². The molecule has 0 saturated carbocycles. The van der Waals surface area contributed by atoms with Crippen molar-refractivity contribution in [1.29, 1.82) is 0 Å². The molecule has 0 fully saturated rings. The van der Waals surface area contributed by atoms with Gasteiger partial charge >= 0.3 is 6.43 Å². The average Bonchev–Trinajstić information content (AvgIpc) is 1.67. The number of carbonyl (C=O) groups excluding carboxylic acids is 1. The van der Waals surface area contributed by atoms with Crippen LogP contribution in [0.4, 0.5) is 8.78 Å². The first kappa shape index (κ1) is 7.09. The smallest absolute Gasteiger partial charge is 0.278 e. The van der Waals surface area contributed by atoms with Gasteiger partial charge in [0.1, 0.15) is 0 Å². The molecule has 0 aliphatic rings. The van der Waals surface area contributed by atoms with Crippen LogP contribution in [0.25, 0.3) is 0 Å². The van der Waals surface area contributed by atoms with Crippen LogP contribution in [0.1, 0.15) is 6.92 Å². The van der Waals surface area contributed by atoms with Crippen LogP contribution in [0.15, 0.2) is 0 Å². The van der Waals surface area contributed by atoms with Crippen LogP contribution < -0.4 is 0 Å². The number of ketones is 1. The van der Waals surface area contributed by atoms with Crippen molar-refractivity contribution in [2.45, 2.75) is 13.3 Å². The summed E-state index contributed by atoms with van der Waals surface area (Å²) in [6.07, 6.45) is -2.94. The lowest BCUT2D eigenvalue weighted by Gasteiger charge is -1.82. The van der Waals surface area contributed by atoms with Gasteiger partial charge in [0.05, 0.1) is 0 Å². The Labute approximate surface area is 45.7 Å². The van der Waals surface area contributed by atoms with Gasteiger partial charge in [-0.05, 0) is 12.8 Å². The van der Waals surface area contributed by atoms with Gasteiger partial charge in [0.2, 0.25) is 0 Å². The molecule has 0 aromatic heterocycles. The summed E-state index contributed by atoms with van der Waals surface area (Å²) in [5.74, 6) is 2.46. The summed E-state index contributed by atoms with van der Waals surface area (Å²) >= 11 is 0. The van der Waals surface area contributed by atoms with Crippen molar-refractivity contribution in [3.8, 4) is 11.8 Å². The van der Waals surface area contributed by atoms with Gasteiger partial charge < -0.3 is 0 Å². The number of alkyl halides is 2. The second-order valence-corrected chi connectivity index (χ2v) is 1.04. The van der Waals surface area contributed by atoms with E-state index in [4.69, 9.17) is 0 Å². The predicted molar refractivity (Wildman–Crippen MR) is 24.5 cm³/mol. The Hall–Kier alpha value is -0.910. The first-order valence-corrected chi connectivity index (χ1v) is 1.93. The molecule has 8 heavy (non-hydrogen) atoms. The Bertz CT molecular complexity index is 140. The SMILES string of the molecule is CC#CC(=O)C(F)F. The molecule has 1 nitrogen and oxygen atoms in total. The fourth-order valence-corrected chi connectivity index (χ4v) is 0.178. The topological polar surface area (TPSA) is 17.1 Å². The zero-order chi connectivity index (χ0) is 6.57. The fraction of sp³-hybridized carbons (Fsp3) is 0.400. The molecule has 0 N–H and O–H groups in total. The zero-order valence-electron chi connectivity index (χ0n) is 4.24. The third-order valence-corrected chi connectivity index (χ3v) is 0.446. The fourth-order valence-electron chi connectivity index (χ4n) is 0.178. The average molecular weight is 118 g/mol. The molecule has 0 heterocycles. The highest BCUT2D eigenvalue weighted by Crippen LogP contribution is 1.90. The number of hydrogen-bond acceptors (Lipinski definition) is 1. The molecule has 0 aromatic carbocycles. The van der Waals surface area contributed by atoms with Crippen LogP contribution in [0.3, 0.4) is 0 Å². The molecule has 0 unspecified atom stereocenters. The Balaban J connectivity index is 3.78. The van der Waals surface area contributed by atoms with E-state index in [1.165, 1.54) is 6.92 Å². The number of halogens is 2. The van der Waals surface area contributed by atoms with Crippen molar-refractivity contribution in [2.24, 2.45) is 0 Å². The number of hydrogen-bond donors (Lipinski definition) is 0. The van der Waals surface area contributed by atoms with E-state index in [0.29, 0.717) is 0 Å². The summed E-state index contributed by atoms with van der Waals surface area (Å²) < 4.78 is 22.3. The Kier molecular flexibility index (Phi) is 2.78. The summed E-state index contributed by atoms with van der Waals surface area (Å²) in [6, 6.07) is 0. The standard InChI is InChI=1S/C5H4F2O/c1-2-3-4(8)5(6)7/h5H,1H3. The summed E-state index contributed by atoms with van der Waals surface area (Å²) in [5, 5.41) is 0. The largest absolute Gasteiger partial charge is 0.308 e. The van der Waals surface area contributed by atoms with E-state index >= 15 is 0 Å². The van der Waals surface area contributed by atoms with E-state index < -0.39 is 12.2 Å². The van der Waals surface area contributed by atoms with Crippen molar-refractivity contribution >= 4 is 5.78 Å². The maximum Gasteiger partial charge on any atom is 0.308 e. The number of carbonyl (C=O) groups is 1. The Morgan fingerprint density at radius 3 is 2.25 bits per heavy atom. The molecule has 0 amide bonds. The molecule has 0 aliphatic carbocycles. The van der Waals surface area contributed by atoms with Crippen LogP contribution in [0.2, 0.25) is 0 Å². The first-order valence-electron chi connectivity index (χ1n) is 1.93. The molecular formula is C5H4F2O. The minimum absolute atomic E-state index is 1.31. The lowest BCUT2D eigenvalue weighted by Crippen LogP contribution is -2.05. The van der Waals surface area contributed by atoms with E-state index in [1.807, 2.05) is 0 Å². The molecule has 0 spiro atoms. The highest BCUT2D eigenvalue weighted by Gasteiger charge is 2.10. The van der Waals surface area contributed by atoms with Gasteiger partial charge in [0.25, 0.3) is 5.78 Å². The Morgan fingerprint density at radius 2 is 2.12 bits per heavy atom. The van der Waals surface area contributed by atoms with Crippen LogP contribution in [0.5, 0.6) is 0 Å². The van der Waals surface area contributed by atoms with Crippen molar-refractivity contribution in [2.75, 3.05) is 0 Å². The van der Waals surface area contributed by atoms with Gasteiger partial charge in [-0.1, -0.05) is 5.92 Å². The number of rotatable bonds is 1. The molecule has 44 valence electrons. The molecule has 0 aromatic rings. The third-order valence-electron chi connectivity index (χ3n) is 0.446. The van der Waals surface area contributed by atoms with Gasteiger partial charge in [0, 0.05) is 0 Å². The minimum Gasteiger partial charge on any atom is -0.278 e. The van der Waals surface area contributed by atoms with Gasteiger partial charge in [-0.3, -0.25) is 4.79 Å². The van der Waals surface area contributed by atoms with Crippen molar-refractivity contribution < 1.29 is 13.6 Å². The van der Waals surface area contributed by atoms with E-state index in [-0.39, 0.29) is 0 Å². The van der Waals surface area contributed by atoms with Gasteiger partial charge in [0.15, 0.2) is 0 Å². The third kappa shape index (κ3) is 2.30. The molecular weight excluding hydrogens is 114 g/mol. The quantitative estimate of drug-likeness (QED) is 0.368. The van der Waals surface area contributed by atoms with E-state index in [9.17, 15) is 13.6 Å². The minimum atomic E-state index is -2.94. The van der Waals surface area contributed by atoms with E-state index in [2.05, 4.69) is 5.92 Å². The van der Waals surface area contributed by atoms with E-state index in [1.54, 1.807) is 5.92 Å². The molecule has 0 radical (unpaired) electrons. The maximum absolute atomic E-state index is 11.2. The number of Topliss-reactive ketones (excluding diaryl/α,β-unsaturated/α-hetero) is 1. The molecule has 0 atom stereocenters. The van der Waals surface area contributed by atoms with Crippen LogP contribution >= 0.6 is 0 Å². The highest BCUT2D eigenvalue weighted by molar-refractivity contribution is 5.97. The summed E-state index contributed by atoms with van der Waals surface area (Å²) in [5.41, 5.74) is 0. The molecule has 0 aliphatic heterocycles. The monoisotopic (exact) mass is 118 g/mol. The highest BCUT2D eigenvalue weighted by atomic mass is 19.3. The summed E-state index contributed by atoms with van der Waals surface area (Å²) in [6.45, 7) is 1.33. The Morgan fingerprint density at radius 1 is 1.62 bits per heavy atom. The van der Waals surface area contributed by atoms with Gasteiger partial charge in [-0.2, -0.15) is 0 Å². The maximum atomic E-state index is 11.2. The summed E-state index contributed by atoms with van der Waals surface area (Å²) in [7, 11) is 0. The summed E-state index contributed by atoms with van der Waals surface area (Å²) in [4.78, 5) is 9.82.